The molecular formula is C52H69O3PS. The molecule has 0 aliphatic carbocycles. The van der Waals surface area contributed by atoms with E-state index in [1.807, 2.05) is 84.9 Å². The van der Waals surface area contributed by atoms with Gasteiger partial charge >= 0.3 is 302 Å². The van der Waals surface area contributed by atoms with E-state index in [1.54, 1.807) is 0 Å². The van der Waals surface area contributed by atoms with Gasteiger partial charge in [-0.2, -0.15) is 0 Å². The van der Waals surface area contributed by atoms with E-state index in [0.717, 1.165) is 64.4 Å². The van der Waals surface area contributed by atoms with Gasteiger partial charge in [-0.05, 0) is 0 Å². The zero-order valence-electron chi connectivity index (χ0n) is 35.0. The van der Waals surface area contributed by atoms with Crippen LogP contribution in [0.1, 0.15) is 141 Å². The summed E-state index contributed by atoms with van der Waals surface area (Å²) in [5.74, 6) is 0. The summed E-state index contributed by atoms with van der Waals surface area (Å²) in [5.41, 5.74) is 2.10. The first-order chi connectivity index (χ1) is 28.0. The Morgan fingerprint density at radius 2 is 0.719 bits per heavy atom. The van der Waals surface area contributed by atoms with E-state index in [4.69, 9.17) is 3.97 Å². The molecule has 0 amide bonds. The van der Waals surface area contributed by atoms with Crippen molar-refractivity contribution in [1.29, 1.82) is 0 Å². The van der Waals surface area contributed by atoms with Gasteiger partial charge in [-0.3, -0.25) is 0 Å². The second kappa shape index (κ2) is 23.1. The molecule has 0 atom stereocenters. The summed E-state index contributed by atoms with van der Waals surface area (Å²) in [6.45, 7) is 0.0767. The van der Waals surface area contributed by atoms with E-state index in [9.17, 15) is 0 Å². The molecule has 5 heteroatoms. The fourth-order valence-electron chi connectivity index (χ4n) is 8.75. The van der Waals surface area contributed by atoms with E-state index in [0.29, 0.717) is 4.90 Å². The number of aryl methyl sites for hydroxylation is 1. The summed E-state index contributed by atoms with van der Waals surface area (Å²) >= 11 is 0. The maximum atomic E-state index is 15.7. The Bertz CT molecular complexity index is 1790. The molecule has 0 unspecified atom stereocenters. The zero-order chi connectivity index (χ0) is 40.1. The second-order valence-electron chi connectivity index (χ2n) is 16.0. The van der Waals surface area contributed by atoms with Gasteiger partial charge in [0.1, 0.15) is 0 Å². The van der Waals surface area contributed by atoms with E-state index >= 15 is 8.42 Å². The smallest absolute Gasteiger partial charge is 0.0654 e. The van der Waals surface area contributed by atoms with Crippen molar-refractivity contribution in [1.82, 2.24) is 0 Å². The minimum absolute atomic E-state index is 0.322. The molecule has 5 aromatic rings. The molecular weight excluding hydrogens is 736 g/mol. The van der Waals surface area contributed by atoms with Crippen LogP contribution in [0.15, 0.2) is 144 Å². The van der Waals surface area contributed by atoms with Crippen molar-refractivity contribution in [2.75, 3.05) is 0 Å². The molecule has 0 aliphatic heterocycles. The zero-order valence-corrected chi connectivity index (χ0v) is 36.7. The average Bonchev–Trinajstić information content (AvgIpc) is 3.26. The molecule has 0 bridgehead atoms. The summed E-state index contributed by atoms with van der Waals surface area (Å²) in [6, 6.07) is 46.4. The molecule has 306 valence electrons. The third-order valence-electron chi connectivity index (χ3n) is 11.8. The Kier molecular flexibility index (Phi) is 18.1. The van der Waals surface area contributed by atoms with Gasteiger partial charge in [-0.1, -0.05) is 46.0 Å². The number of rotatable bonds is 27. The Hall–Kier alpha value is -3.56. The minimum atomic E-state index is -4.46. The number of hydrogen-bond acceptors (Lipinski definition) is 3. The third kappa shape index (κ3) is 11.1. The molecule has 0 aliphatic rings. The van der Waals surface area contributed by atoms with Crippen molar-refractivity contribution in [2.24, 2.45) is 0 Å². The molecule has 0 saturated carbocycles. The molecule has 3 nitrogen and oxygen atoms in total. The summed E-state index contributed by atoms with van der Waals surface area (Å²) in [7, 11) is -4.37. The average molecular weight is 805 g/mol. The second-order valence-corrected chi connectivity index (χ2v) is 22.0. The van der Waals surface area contributed by atoms with Crippen LogP contribution in [0.25, 0.3) is 0 Å². The van der Waals surface area contributed by atoms with Crippen LogP contribution >= 0.6 is 6.83 Å². The SMILES string of the molecule is CCCCCCCCCCCc1cccc(S(=O)(=O)OP(c2ccccc2)(c2ccccc2)(c2ccccc2)c2ccccc2)c1CCCCCCCCCCC. The van der Waals surface area contributed by atoms with Gasteiger partial charge in [0.25, 0.3) is 0 Å². The van der Waals surface area contributed by atoms with E-state index < -0.39 is 16.9 Å². The van der Waals surface area contributed by atoms with Crippen LogP contribution in [0.5, 0.6) is 0 Å². The Labute approximate surface area is 346 Å². The van der Waals surface area contributed by atoms with Crippen molar-refractivity contribution in [3.8, 4) is 0 Å². The van der Waals surface area contributed by atoms with Gasteiger partial charge in [0.05, 0.1) is 0 Å². The topological polar surface area (TPSA) is 43.4 Å². The van der Waals surface area contributed by atoms with Crippen LogP contribution < -0.4 is 21.2 Å². The van der Waals surface area contributed by atoms with Crippen LogP contribution in [0.3, 0.4) is 0 Å². The predicted octanol–water partition coefficient (Wildman–Crippen LogP) is 13.3. The van der Waals surface area contributed by atoms with Crippen molar-refractivity contribution in [3.63, 3.8) is 0 Å². The molecule has 5 aromatic carbocycles. The fraction of sp³-hybridized carbons (Fsp3) is 0.423. The first kappa shape index (κ1) is 44.5. The number of benzene rings is 5. The Morgan fingerprint density at radius 3 is 1.09 bits per heavy atom. The summed E-state index contributed by atoms with van der Waals surface area (Å²) in [6.07, 6.45) is 24.0. The first-order valence-corrected chi connectivity index (χ1v) is 25.9. The van der Waals surface area contributed by atoms with Gasteiger partial charge in [-0.25, -0.2) is 0 Å². The first-order valence-electron chi connectivity index (χ1n) is 22.3. The number of hydrogen-bond donors (Lipinski definition) is 0. The molecule has 0 saturated heterocycles. The number of unbranched alkanes of at least 4 members (excludes halogenated alkanes) is 16. The molecule has 5 rings (SSSR count). The van der Waals surface area contributed by atoms with Crippen LogP contribution in [0, 0.1) is 0 Å². The van der Waals surface area contributed by atoms with Crippen molar-refractivity contribution in [2.45, 2.75) is 147 Å². The van der Waals surface area contributed by atoms with Crippen LogP contribution in [-0.2, 0) is 26.9 Å². The molecule has 0 aromatic heterocycles. The Balaban J connectivity index is 1.57. The summed E-state index contributed by atoms with van der Waals surface area (Å²) < 4.78 is 38.9. The predicted molar refractivity (Wildman–Crippen MR) is 248 cm³/mol. The van der Waals surface area contributed by atoms with Crippen molar-refractivity contribution >= 4 is 38.2 Å². The van der Waals surface area contributed by atoms with Crippen LogP contribution in [0.4, 0.5) is 0 Å². The van der Waals surface area contributed by atoms with E-state index in [2.05, 4.69) is 68.4 Å². The molecule has 0 heterocycles. The Morgan fingerprint density at radius 1 is 0.386 bits per heavy atom. The fourth-order valence-corrected chi connectivity index (χ4v) is 17.6. The maximum absolute atomic E-state index is 15.7. The van der Waals surface area contributed by atoms with E-state index in [-0.39, 0.29) is 0 Å². The van der Waals surface area contributed by atoms with Gasteiger partial charge in [-0.15, -0.1) is 0 Å². The van der Waals surface area contributed by atoms with Gasteiger partial charge in [0, 0.05) is 0 Å². The van der Waals surface area contributed by atoms with Crippen LogP contribution in [-0.4, -0.2) is 8.42 Å². The van der Waals surface area contributed by atoms with Gasteiger partial charge in [0.2, 0.25) is 0 Å². The summed E-state index contributed by atoms with van der Waals surface area (Å²) in [4.78, 5) is 0.322. The monoisotopic (exact) mass is 804 g/mol. The standard InChI is InChI=1S/C52H69O3PS/c1-3-5-7-9-11-13-15-17-23-34-46-35-33-45-52(51(46)44-32-18-16-14-12-10-8-6-4-2)57(53,54)55-56(47-36-24-19-25-37-47,48-38-26-20-27-39-48,49-40-28-21-29-41-49)50-42-30-22-31-43-50/h19-22,24-31,33,35-43,45H,3-18,23,32,34,44H2,1-2H3. The van der Waals surface area contributed by atoms with Gasteiger partial charge in [0.15, 0.2) is 0 Å². The third-order valence-corrected chi connectivity index (χ3v) is 19.9. The van der Waals surface area contributed by atoms with Crippen molar-refractivity contribution < 1.29 is 12.4 Å². The van der Waals surface area contributed by atoms with Crippen LogP contribution in [0.2, 0.25) is 0 Å². The molecule has 57 heavy (non-hydrogen) atoms. The van der Waals surface area contributed by atoms with Crippen molar-refractivity contribution in [3.05, 3.63) is 151 Å². The summed E-state index contributed by atoms with van der Waals surface area (Å²) in [5, 5.41) is 3.40. The molecule has 0 spiro atoms. The molecule has 0 radical (unpaired) electrons. The molecule has 0 fully saturated rings. The normalized spacial score (nSPS) is 12.6. The van der Waals surface area contributed by atoms with E-state index in [1.165, 1.54) is 96.3 Å². The molecule has 0 N–H and O–H groups in total. The van der Waals surface area contributed by atoms with Gasteiger partial charge < -0.3 is 0 Å². The quantitative estimate of drug-likeness (QED) is 0.0392. The minimum Gasteiger partial charge on any atom is -0.0654 e.